The second kappa shape index (κ2) is 7.21. The second-order valence-electron chi connectivity index (χ2n) is 6.71. The van der Waals surface area contributed by atoms with Crippen LogP contribution in [0.4, 0.5) is 0 Å². The fraction of sp³-hybridized carbons (Fsp3) is 0.556. The number of piperazine rings is 1. The number of carbonyl (C=O) groups excluding carboxylic acids is 1. The molecule has 0 radical (unpaired) electrons. The first-order valence-corrected chi connectivity index (χ1v) is 8.66. The van der Waals surface area contributed by atoms with E-state index in [-0.39, 0.29) is 11.9 Å². The quantitative estimate of drug-likeness (QED) is 0.845. The second-order valence-corrected chi connectivity index (χ2v) is 6.71. The van der Waals surface area contributed by atoms with Crippen LogP contribution in [0, 0.1) is 5.92 Å². The summed E-state index contributed by atoms with van der Waals surface area (Å²) < 4.78 is 7.25. The highest BCUT2D eigenvalue weighted by Gasteiger charge is 2.33. The molecule has 1 atom stereocenters. The Hall–Kier alpha value is -2.08. The summed E-state index contributed by atoms with van der Waals surface area (Å²) in [6, 6.07) is 4.12. The van der Waals surface area contributed by atoms with Gasteiger partial charge in [0.2, 0.25) is 0 Å². The third-order valence-electron chi connectivity index (χ3n) is 4.70. The number of aromatic nitrogens is 2. The van der Waals surface area contributed by atoms with Gasteiger partial charge in [0.15, 0.2) is 0 Å². The molecule has 0 spiro atoms. The van der Waals surface area contributed by atoms with Gasteiger partial charge < -0.3 is 9.32 Å². The molecule has 0 aromatic carbocycles. The number of nitrogens with zero attached hydrogens (tertiary/aromatic N) is 4. The normalized spacial score (nSPS) is 19.2. The first-order valence-electron chi connectivity index (χ1n) is 8.66. The minimum Gasteiger partial charge on any atom is -0.468 e. The maximum atomic E-state index is 12.9. The van der Waals surface area contributed by atoms with Crippen LogP contribution in [0.15, 0.2) is 35.2 Å². The molecular formula is C18H26N4O2. The molecule has 1 saturated heterocycles. The van der Waals surface area contributed by atoms with Crippen molar-refractivity contribution in [2.45, 2.75) is 39.9 Å². The molecule has 0 N–H and O–H groups in total. The summed E-state index contributed by atoms with van der Waals surface area (Å²) in [5.41, 5.74) is 0.682. The first-order chi connectivity index (χ1) is 11.6. The maximum absolute atomic E-state index is 12.9. The molecular weight excluding hydrogens is 304 g/mol. The zero-order valence-corrected chi connectivity index (χ0v) is 14.7. The van der Waals surface area contributed by atoms with Crippen molar-refractivity contribution >= 4 is 5.91 Å². The van der Waals surface area contributed by atoms with Crippen LogP contribution >= 0.6 is 0 Å². The molecule has 1 aliphatic heterocycles. The van der Waals surface area contributed by atoms with Crippen LogP contribution in [0.5, 0.6) is 0 Å². The fourth-order valence-electron chi connectivity index (χ4n) is 3.27. The van der Waals surface area contributed by atoms with Gasteiger partial charge in [0.1, 0.15) is 5.76 Å². The summed E-state index contributed by atoms with van der Waals surface area (Å²) in [6.07, 6.45) is 5.23. The summed E-state index contributed by atoms with van der Waals surface area (Å²) in [5.74, 6) is 1.46. The Morgan fingerprint density at radius 1 is 1.42 bits per heavy atom. The molecule has 0 aliphatic carbocycles. The van der Waals surface area contributed by atoms with Gasteiger partial charge in [0, 0.05) is 38.4 Å². The molecule has 0 bridgehead atoms. The molecule has 3 heterocycles. The summed E-state index contributed by atoms with van der Waals surface area (Å²) in [5, 5.41) is 4.23. The molecule has 1 fully saturated rings. The van der Waals surface area contributed by atoms with E-state index < -0.39 is 0 Å². The number of amides is 1. The standard InChI is InChI=1S/C18H26N4O2/c1-4-21-11-15(10-19-21)18(23)22-8-7-20(13-17(22)14(2)3)12-16-6-5-9-24-16/h5-6,9-11,14,17H,4,7-8,12-13H2,1-3H3/t17-/m1/s1. The Balaban J connectivity index is 1.70. The molecule has 0 unspecified atom stereocenters. The minimum absolute atomic E-state index is 0.0889. The van der Waals surface area contributed by atoms with Gasteiger partial charge in [-0.15, -0.1) is 0 Å². The summed E-state index contributed by atoms with van der Waals surface area (Å²) >= 11 is 0. The molecule has 6 heteroatoms. The lowest BCUT2D eigenvalue weighted by Gasteiger charge is -2.43. The molecule has 3 rings (SSSR count). The highest BCUT2D eigenvalue weighted by Crippen LogP contribution is 2.21. The summed E-state index contributed by atoms with van der Waals surface area (Å²) in [6.45, 7) is 10.4. The van der Waals surface area contributed by atoms with Gasteiger partial charge in [0.05, 0.1) is 24.6 Å². The third kappa shape index (κ3) is 3.53. The van der Waals surface area contributed by atoms with E-state index in [0.29, 0.717) is 11.5 Å². The molecule has 6 nitrogen and oxygen atoms in total. The van der Waals surface area contributed by atoms with E-state index >= 15 is 0 Å². The van der Waals surface area contributed by atoms with Crippen LogP contribution in [0.2, 0.25) is 0 Å². The van der Waals surface area contributed by atoms with Crippen LogP contribution in [0.3, 0.4) is 0 Å². The van der Waals surface area contributed by atoms with Crippen molar-refractivity contribution in [2.75, 3.05) is 19.6 Å². The van der Waals surface area contributed by atoms with Crippen LogP contribution in [-0.2, 0) is 13.1 Å². The van der Waals surface area contributed by atoms with E-state index in [9.17, 15) is 4.79 Å². The fourth-order valence-corrected chi connectivity index (χ4v) is 3.27. The topological polar surface area (TPSA) is 54.5 Å². The smallest absolute Gasteiger partial charge is 0.257 e. The molecule has 1 aliphatic rings. The maximum Gasteiger partial charge on any atom is 0.257 e. The average molecular weight is 330 g/mol. The minimum atomic E-state index is 0.0889. The molecule has 130 valence electrons. The van der Waals surface area contributed by atoms with Crippen molar-refractivity contribution in [3.05, 3.63) is 42.1 Å². The van der Waals surface area contributed by atoms with Gasteiger partial charge in [-0.2, -0.15) is 5.10 Å². The van der Waals surface area contributed by atoms with Crippen LogP contribution in [0.25, 0.3) is 0 Å². The zero-order chi connectivity index (χ0) is 17.1. The Morgan fingerprint density at radius 3 is 2.88 bits per heavy atom. The number of hydrogen-bond donors (Lipinski definition) is 0. The van der Waals surface area contributed by atoms with Crippen molar-refractivity contribution in [3.8, 4) is 0 Å². The molecule has 2 aromatic heterocycles. The number of aryl methyl sites for hydroxylation is 1. The molecule has 0 saturated carbocycles. The van der Waals surface area contributed by atoms with E-state index in [1.165, 1.54) is 0 Å². The number of rotatable bonds is 5. The average Bonchev–Trinajstić information content (AvgIpc) is 3.25. The monoisotopic (exact) mass is 330 g/mol. The van der Waals surface area contributed by atoms with Crippen LogP contribution in [-0.4, -0.2) is 51.2 Å². The van der Waals surface area contributed by atoms with Gasteiger partial charge in [0.25, 0.3) is 5.91 Å². The van der Waals surface area contributed by atoms with Crippen molar-refractivity contribution in [1.82, 2.24) is 19.6 Å². The van der Waals surface area contributed by atoms with Gasteiger partial charge in [-0.1, -0.05) is 13.8 Å². The highest BCUT2D eigenvalue weighted by molar-refractivity contribution is 5.94. The van der Waals surface area contributed by atoms with Crippen molar-refractivity contribution < 1.29 is 9.21 Å². The van der Waals surface area contributed by atoms with Gasteiger partial charge in [-0.3, -0.25) is 14.4 Å². The number of carbonyl (C=O) groups is 1. The lowest BCUT2D eigenvalue weighted by Crippen LogP contribution is -2.56. The summed E-state index contributed by atoms with van der Waals surface area (Å²) in [7, 11) is 0. The zero-order valence-electron chi connectivity index (χ0n) is 14.7. The van der Waals surface area contributed by atoms with Crippen molar-refractivity contribution in [3.63, 3.8) is 0 Å². The highest BCUT2D eigenvalue weighted by atomic mass is 16.3. The van der Waals surface area contributed by atoms with E-state index in [4.69, 9.17) is 4.42 Å². The van der Waals surface area contributed by atoms with E-state index in [1.54, 1.807) is 17.1 Å². The largest absolute Gasteiger partial charge is 0.468 e. The van der Waals surface area contributed by atoms with Gasteiger partial charge >= 0.3 is 0 Å². The van der Waals surface area contributed by atoms with Crippen LogP contribution < -0.4 is 0 Å². The molecule has 2 aromatic rings. The van der Waals surface area contributed by atoms with Gasteiger partial charge in [-0.05, 0) is 25.0 Å². The third-order valence-corrected chi connectivity index (χ3v) is 4.70. The number of hydrogen-bond acceptors (Lipinski definition) is 4. The van der Waals surface area contributed by atoms with E-state index in [1.807, 2.05) is 30.2 Å². The summed E-state index contributed by atoms with van der Waals surface area (Å²) in [4.78, 5) is 17.3. The Morgan fingerprint density at radius 2 is 2.25 bits per heavy atom. The van der Waals surface area contributed by atoms with E-state index in [2.05, 4.69) is 23.8 Å². The predicted octanol–water partition coefficient (Wildman–Crippen LogP) is 2.48. The van der Waals surface area contributed by atoms with Crippen molar-refractivity contribution in [2.24, 2.45) is 5.92 Å². The molecule has 24 heavy (non-hydrogen) atoms. The Kier molecular flexibility index (Phi) is 5.04. The van der Waals surface area contributed by atoms with Gasteiger partial charge in [-0.25, -0.2) is 0 Å². The van der Waals surface area contributed by atoms with E-state index in [0.717, 1.165) is 38.5 Å². The predicted molar refractivity (Wildman–Crippen MR) is 91.5 cm³/mol. The SMILES string of the molecule is CCn1cc(C(=O)N2CCN(Cc3ccco3)C[C@@H]2C(C)C)cn1. The Labute approximate surface area is 143 Å². The lowest BCUT2D eigenvalue weighted by atomic mass is 9.98. The Bertz CT molecular complexity index is 662. The van der Waals surface area contributed by atoms with Crippen LogP contribution in [0.1, 0.15) is 36.9 Å². The first kappa shape index (κ1) is 16.8. The molecule has 1 amide bonds. The lowest BCUT2D eigenvalue weighted by molar-refractivity contribution is 0.0314. The van der Waals surface area contributed by atoms with Crippen molar-refractivity contribution in [1.29, 1.82) is 0 Å². The number of furan rings is 1.